The number of carbonyl (C=O) groups is 3. The molecular formula is C15H19N3O4S. The predicted molar refractivity (Wildman–Crippen MR) is 86.3 cm³/mol. The lowest BCUT2D eigenvalue weighted by atomic mass is 10.2. The van der Waals surface area contributed by atoms with Gasteiger partial charge in [-0.25, -0.2) is 5.06 Å². The number of thioether (sulfide) groups is 1. The normalized spacial score (nSPS) is 16.7. The van der Waals surface area contributed by atoms with Gasteiger partial charge >= 0.3 is 0 Å². The van der Waals surface area contributed by atoms with Crippen molar-refractivity contribution in [1.29, 1.82) is 0 Å². The Labute approximate surface area is 138 Å². The maximum atomic E-state index is 12.6. The minimum absolute atomic E-state index is 0.0839. The van der Waals surface area contributed by atoms with Gasteiger partial charge in [-0.15, -0.1) is 11.8 Å². The summed E-state index contributed by atoms with van der Waals surface area (Å²) >= 11 is 1.27. The van der Waals surface area contributed by atoms with Gasteiger partial charge in [0.2, 0.25) is 18.2 Å². The van der Waals surface area contributed by atoms with E-state index >= 15 is 0 Å². The van der Waals surface area contributed by atoms with Gasteiger partial charge in [0.15, 0.2) is 0 Å². The molecule has 1 unspecified atom stereocenters. The highest BCUT2D eigenvalue weighted by atomic mass is 32.2. The third-order valence-corrected chi connectivity index (χ3v) is 4.55. The lowest BCUT2D eigenvalue weighted by Crippen LogP contribution is -2.49. The highest BCUT2D eigenvalue weighted by molar-refractivity contribution is 8.01. The van der Waals surface area contributed by atoms with Gasteiger partial charge in [-0.1, -0.05) is 19.1 Å². The Morgan fingerprint density at radius 3 is 2.91 bits per heavy atom. The topological polar surface area (TPSA) is 90.0 Å². The van der Waals surface area contributed by atoms with Gasteiger partial charge < -0.3 is 10.2 Å². The van der Waals surface area contributed by atoms with Gasteiger partial charge in [-0.2, -0.15) is 0 Å². The molecule has 3 amide bonds. The van der Waals surface area contributed by atoms with E-state index in [-0.39, 0.29) is 31.3 Å². The van der Waals surface area contributed by atoms with Gasteiger partial charge in [-0.3, -0.25) is 19.6 Å². The molecule has 0 aromatic heterocycles. The lowest BCUT2D eigenvalue weighted by Gasteiger charge is -2.33. The summed E-state index contributed by atoms with van der Waals surface area (Å²) in [6.07, 6.45) is 1.07. The number of fused-ring (bicyclic) bond motifs is 1. The zero-order valence-corrected chi connectivity index (χ0v) is 13.6. The monoisotopic (exact) mass is 337 g/mol. The number of benzene rings is 1. The molecule has 0 bridgehead atoms. The lowest BCUT2D eigenvalue weighted by molar-refractivity contribution is -0.150. The Bertz CT molecular complexity index is 596. The summed E-state index contributed by atoms with van der Waals surface area (Å²) in [7, 11) is 0. The fraction of sp³-hybridized carbons (Fsp3) is 0.400. The zero-order chi connectivity index (χ0) is 16.8. The molecule has 0 radical (unpaired) electrons. The van der Waals surface area contributed by atoms with Crippen LogP contribution in [0.4, 0.5) is 5.69 Å². The number of hydroxylamine groups is 2. The molecule has 1 aromatic carbocycles. The van der Waals surface area contributed by atoms with E-state index in [4.69, 9.17) is 0 Å². The number of hydrogen-bond donors (Lipinski definition) is 2. The van der Waals surface area contributed by atoms with E-state index in [0.717, 1.165) is 11.3 Å². The number of anilines is 1. The van der Waals surface area contributed by atoms with Gasteiger partial charge in [0, 0.05) is 11.4 Å². The maximum Gasteiger partial charge on any atom is 0.242 e. The number of nitrogens with one attached hydrogen (secondary N) is 1. The Kier molecular flexibility index (Phi) is 6.00. The second-order valence-electron chi connectivity index (χ2n) is 5.08. The number of rotatable bonds is 7. The van der Waals surface area contributed by atoms with Crippen LogP contribution in [0.15, 0.2) is 29.2 Å². The first-order valence-corrected chi connectivity index (χ1v) is 8.19. The molecule has 0 saturated carbocycles. The fourth-order valence-electron chi connectivity index (χ4n) is 2.23. The van der Waals surface area contributed by atoms with Crippen LogP contribution in [0.1, 0.15) is 13.3 Å². The van der Waals surface area contributed by atoms with E-state index in [2.05, 4.69) is 5.32 Å². The van der Waals surface area contributed by atoms with E-state index in [1.807, 2.05) is 19.1 Å². The zero-order valence-electron chi connectivity index (χ0n) is 12.8. The van der Waals surface area contributed by atoms with Crippen molar-refractivity contribution in [1.82, 2.24) is 10.4 Å². The molecule has 124 valence electrons. The van der Waals surface area contributed by atoms with Crippen LogP contribution in [0.25, 0.3) is 0 Å². The number of carbonyl (C=O) groups excluding carboxylic acids is 3. The van der Waals surface area contributed by atoms with E-state index in [0.29, 0.717) is 17.3 Å². The molecule has 7 nitrogen and oxygen atoms in total. The molecule has 0 spiro atoms. The molecule has 1 atom stereocenters. The summed E-state index contributed by atoms with van der Waals surface area (Å²) in [6.45, 7) is 2.29. The molecular weight excluding hydrogens is 318 g/mol. The van der Waals surface area contributed by atoms with E-state index in [9.17, 15) is 19.6 Å². The second-order valence-corrected chi connectivity index (χ2v) is 6.32. The van der Waals surface area contributed by atoms with E-state index in [1.165, 1.54) is 16.7 Å². The van der Waals surface area contributed by atoms with Crippen LogP contribution in [0, 0.1) is 0 Å². The standard InChI is InChI=1S/C15H19N3O4S/c1-2-7-16-14(20)9-18-11-5-3-4-6-12(11)23-13(15(18)21)8-17(22)10-19/h3-6,10,13,22H,2,7-9H2,1H3,(H,16,20). The van der Waals surface area contributed by atoms with Gasteiger partial charge in [0.25, 0.3) is 0 Å². The summed E-state index contributed by atoms with van der Waals surface area (Å²) in [6, 6.07) is 7.26. The van der Waals surface area contributed by atoms with Crippen LogP contribution < -0.4 is 10.2 Å². The largest absolute Gasteiger partial charge is 0.355 e. The van der Waals surface area contributed by atoms with Crippen molar-refractivity contribution in [2.75, 3.05) is 24.5 Å². The number of hydrogen-bond acceptors (Lipinski definition) is 5. The first kappa shape index (κ1) is 17.3. The maximum absolute atomic E-state index is 12.6. The van der Waals surface area contributed by atoms with E-state index in [1.54, 1.807) is 12.1 Å². The minimum Gasteiger partial charge on any atom is -0.355 e. The fourth-order valence-corrected chi connectivity index (χ4v) is 3.45. The van der Waals surface area contributed by atoms with Crippen LogP contribution in [-0.2, 0) is 14.4 Å². The summed E-state index contributed by atoms with van der Waals surface area (Å²) in [5.74, 6) is -0.543. The van der Waals surface area contributed by atoms with Gasteiger partial charge in [0.1, 0.15) is 11.8 Å². The molecule has 0 aliphatic carbocycles. The smallest absolute Gasteiger partial charge is 0.242 e. The van der Waals surface area contributed by atoms with Crippen LogP contribution in [0.2, 0.25) is 0 Å². The molecule has 23 heavy (non-hydrogen) atoms. The van der Waals surface area contributed by atoms with Crippen molar-refractivity contribution < 1.29 is 19.6 Å². The van der Waals surface area contributed by atoms with Crippen molar-refractivity contribution in [3.05, 3.63) is 24.3 Å². The second kappa shape index (κ2) is 7.98. The Morgan fingerprint density at radius 1 is 1.48 bits per heavy atom. The Balaban J connectivity index is 2.21. The van der Waals surface area contributed by atoms with Gasteiger partial charge in [-0.05, 0) is 18.6 Å². The molecule has 0 fully saturated rings. The average molecular weight is 337 g/mol. The summed E-state index contributed by atoms with van der Waals surface area (Å²) in [4.78, 5) is 37.4. The average Bonchev–Trinajstić information content (AvgIpc) is 2.56. The van der Waals surface area contributed by atoms with Crippen molar-refractivity contribution in [3.8, 4) is 0 Å². The van der Waals surface area contributed by atoms with Gasteiger partial charge in [0.05, 0.1) is 12.2 Å². The third-order valence-electron chi connectivity index (χ3n) is 3.32. The predicted octanol–water partition coefficient (Wildman–Crippen LogP) is 0.868. The molecule has 1 heterocycles. The van der Waals surface area contributed by atoms with Crippen molar-refractivity contribution in [2.45, 2.75) is 23.5 Å². The quantitative estimate of drug-likeness (QED) is 0.438. The Hall–Kier alpha value is -2.06. The van der Waals surface area contributed by atoms with Crippen LogP contribution in [0.3, 0.4) is 0 Å². The third kappa shape index (κ3) is 4.23. The summed E-state index contributed by atoms with van der Waals surface area (Å²) in [5, 5.41) is 11.9. The molecule has 2 N–H and O–H groups in total. The van der Waals surface area contributed by atoms with Crippen molar-refractivity contribution in [2.24, 2.45) is 0 Å². The SMILES string of the molecule is CCCNC(=O)CN1C(=O)C(CN(O)C=O)Sc2ccccc21. The molecule has 1 aliphatic rings. The molecule has 2 rings (SSSR count). The highest BCUT2D eigenvalue weighted by Crippen LogP contribution is 2.39. The highest BCUT2D eigenvalue weighted by Gasteiger charge is 2.35. The van der Waals surface area contributed by atoms with Crippen LogP contribution in [-0.4, -0.2) is 53.4 Å². The molecule has 1 aromatic rings. The van der Waals surface area contributed by atoms with E-state index < -0.39 is 5.25 Å². The molecule has 0 saturated heterocycles. The summed E-state index contributed by atoms with van der Waals surface area (Å²) < 4.78 is 0. The number of nitrogens with zero attached hydrogens (tertiary/aromatic N) is 2. The number of amides is 3. The molecule has 1 aliphatic heterocycles. The first-order valence-electron chi connectivity index (χ1n) is 7.31. The molecule has 8 heteroatoms. The first-order chi connectivity index (χ1) is 11.1. The summed E-state index contributed by atoms with van der Waals surface area (Å²) in [5.41, 5.74) is 0.668. The number of para-hydroxylation sites is 1. The Morgan fingerprint density at radius 2 is 2.22 bits per heavy atom. The van der Waals surface area contributed by atoms with Crippen LogP contribution >= 0.6 is 11.8 Å². The van der Waals surface area contributed by atoms with Crippen LogP contribution in [0.5, 0.6) is 0 Å². The van der Waals surface area contributed by atoms with Crippen molar-refractivity contribution in [3.63, 3.8) is 0 Å². The minimum atomic E-state index is -0.654. The van der Waals surface area contributed by atoms with Crippen molar-refractivity contribution >= 4 is 35.7 Å².